The van der Waals surface area contributed by atoms with Crippen LogP contribution in [0.25, 0.3) is 0 Å². The van der Waals surface area contributed by atoms with Crippen molar-refractivity contribution in [3.05, 3.63) is 125 Å². The first kappa shape index (κ1) is 28.7. The standard InChI is InChI=1S/C29H21F5IN3O3/c30-21-7-4-8-22(14-21)37-26(39)38-27(15-18-5-2-1-3-6-18,25-12-9-19(16-35)17-36-25)20-10-11-24-23(13-20)28(31,32)41-29(33,34)40-24/h1-14,17H,15-16H2,(H2,37,38,39)/t27-/m0/s1. The van der Waals surface area contributed by atoms with Gasteiger partial charge in [0, 0.05) is 22.7 Å². The Morgan fingerprint density at radius 2 is 1.71 bits per heavy atom. The third-order valence-corrected chi connectivity index (χ3v) is 7.28. The van der Waals surface area contributed by atoms with Crippen molar-refractivity contribution in [2.45, 2.75) is 28.8 Å². The number of urea groups is 1. The van der Waals surface area contributed by atoms with E-state index in [2.05, 4.69) is 47.7 Å². The summed E-state index contributed by atoms with van der Waals surface area (Å²) in [7, 11) is 0. The number of aromatic nitrogens is 1. The van der Waals surface area contributed by atoms with E-state index in [1.54, 1.807) is 48.7 Å². The molecule has 0 saturated heterocycles. The Balaban J connectivity index is 1.68. The molecular weight excluding hydrogens is 660 g/mol. The predicted octanol–water partition coefficient (Wildman–Crippen LogP) is 7.47. The van der Waals surface area contributed by atoms with E-state index in [0.29, 0.717) is 9.99 Å². The summed E-state index contributed by atoms with van der Waals surface area (Å²) in [5, 5.41) is 5.42. The van der Waals surface area contributed by atoms with Gasteiger partial charge in [0.1, 0.15) is 17.1 Å². The van der Waals surface area contributed by atoms with Crippen LogP contribution in [-0.2, 0) is 27.2 Å². The van der Waals surface area contributed by atoms with E-state index in [0.717, 1.165) is 23.8 Å². The Kier molecular flexibility index (Phi) is 7.88. The van der Waals surface area contributed by atoms with Crippen LogP contribution in [0.4, 0.5) is 32.4 Å². The number of ether oxygens (including phenoxy) is 2. The molecule has 2 N–H and O–H groups in total. The van der Waals surface area contributed by atoms with Crippen molar-refractivity contribution in [2.24, 2.45) is 0 Å². The molecule has 2 amide bonds. The second-order valence-electron chi connectivity index (χ2n) is 9.24. The van der Waals surface area contributed by atoms with Gasteiger partial charge in [-0.25, -0.2) is 13.9 Å². The molecule has 3 aromatic carbocycles. The van der Waals surface area contributed by atoms with Crippen molar-refractivity contribution in [1.82, 2.24) is 10.3 Å². The lowest BCUT2D eigenvalue weighted by Gasteiger charge is -2.37. The van der Waals surface area contributed by atoms with Gasteiger partial charge in [-0.2, -0.15) is 8.78 Å². The smallest absolute Gasteiger partial charge is 0.409 e. The maximum atomic E-state index is 14.8. The molecule has 2 heterocycles. The summed E-state index contributed by atoms with van der Waals surface area (Å²) in [4.78, 5) is 18.0. The minimum Gasteiger partial charge on any atom is -0.409 e. The average molecular weight is 681 g/mol. The molecule has 0 fully saturated rings. The van der Waals surface area contributed by atoms with Crippen LogP contribution in [0.5, 0.6) is 5.75 Å². The first-order chi connectivity index (χ1) is 19.5. The molecule has 1 atom stereocenters. The third-order valence-electron chi connectivity index (χ3n) is 6.40. The lowest BCUT2D eigenvalue weighted by molar-refractivity contribution is -0.461. The van der Waals surface area contributed by atoms with E-state index in [9.17, 15) is 26.7 Å². The lowest BCUT2D eigenvalue weighted by atomic mass is 9.79. The molecule has 212 valence electrons. The molecule has 4 aromatic rings. The number of benzene rings is 3. The maximum Gasteiger partial charge on any atom is 0.540 e. The first-order valence-electron chi connectivity index (χ1n) is 12.2. The summed E-state index contributed by atoms with van der Waals surface area (Å²) in [6, 6.07) is 19.9. The van der Waals surface area contributed by atoms with E-state index in [1.165, 1.54) is 24.3 Å². The molecule has 12 heteroatoms. The molecular formula is C29H21F5IN3O3. The first-order valence-corrected chi connectivity index (χ1v) is 13.7. The van der Waals surface area contributed by atoms with E-state index in [4.69, 9.17) is 0 Å². The molecule has 0 bridgehead atoms. The monoisotopic (exact) mass is 681 g/mol. The fourth-order valence-electron chi connectivity index (χ4n) is 4.57. The number of rotatable bonds is 7. The van der Waals surface area contributed by atoms with Gasteiger partial charge in [-0.05, 0) is 53.1 Å². The largest absolute Gasteiger partial charge is 0.540 e. The zero-order chi connectivity index (χ0) is 29.3. The average Bonchev–Trinajstić information content (AvgIpc) is 2.92. The van der Waals surface area contributed by atoms with Crippen molar-refractivity contribution >= 4 is 34.3 Å². The minimum absolute atomic E-state index is 0.0171. The van der Waals surface area contributed by atoms with Gasteiger partial charge in [0.2, 0.25) is 0 Å². The number of nitrogens with zero attached hydrogens (tertiary/aromatic N) is 1. The number of alkyl halides is 5. The number of halogens is 6. The van der Waals surface area contributed by atoms with Crippen molar-refractivity contribution in [1.29, 1.82) is 0 Å². The number of pyridine rings is 1. The molecule has 0 aliphatic carbocycles. The summed E-state index contributed by atoms with van der Waals surface area (Å²) >= 11 is 2.16. The minimum atomic E-state index is -4.54. The van der Waals surface area contributed by atoms with Gasteiger partial charge in [0.15, 0.2) is 0 Å². The van der Waals surface area contributed by atoms with E-state index >= 15 is 0 Å². The Labute approximate surface area is 245 Å². The van der Waals surface area contributed by atoms with Crippen LogP contribution >= 0.6 is 22.6 Å². The Hall–Kier alpha value is -3.78. The molecule has 0 spiro atoms. The fourth-order valence-corrected chi connectivity index (χ4v) is 5.02. The van der Waals surface area contributed by atoms with Crippen molar-refractivity contribution in [3.8, 4) is 5.75 Å². The van der Waals surface area contributed by atoms with Crippen LogP contribution in [0.15, 0.2) is 91.1 Å². The molecule has 6 nitrogen and oxygen atoms in total. The summed E-state index contributed by atoms with van der Waals surface area (Å²) in [6.45, 7) is 0. The summed E-state index contributed by atoms with van der Waals surface area (Å²) in [5.41, 5.74) is -0.500. The molecule has 1 aliphatic rings. The number of carbonyl (C=O) groups excluding carboxylic acids is 1. The number of nitrogens with one attached hydrogen (secondary N) is 2. The molecule has 0 saturated carbocycles. The Bertz CT molecular complexity index is 1560. The van der Waals surface area contributed by atoms with Crippen LogP contribution in [0, 0.1) is 5.82 Å². The molecule has 41 heavy (non-hydrogen) atoms. The highest BCUT2D eigenvalue weighted by Crippen LogP contribution is 2.48. The lowest BCUT2D eigenvalue weighted by Crippen LogP contribution is -2.51. The normalized spacial score (nSPS) is 16.5. The van der Waals surface area contributed by atoms with E-state index in [-0.39, 0.29) is 23.4 Å². The van der Waals surface area contributed by atoms with Gasteiger partial charge in [0.05, 0.1) is 11.3 Å². The van der Waals surface area contributed by atoms with Gasteiger partial charge >= 0.3 is 18.4 Å². The highest BCUT2D eigenvalue weighted by molar-refractivity contribution is 14.1. The van der Waals surface area contributed by atoms with E-state index in [1.807, 2.05) is 0 Å². The number of hydrogen-bond donors (Lipinski definition) is 2. The van der Waals surface area contributed by atoms with Crippen LogP contribution < -0.4 is 15.4 Å². The number of carbonyl (C=O) groups is 1. The summed E-state index contributed by atoms with van der Waals surface area (Å²) in [5.74, 6) is -1.36. The molecule has 1 aliphatic heterocycles. The van der Waals surface area contributed by atoms with Gasteiger partial charge in [-0.15, -0.1) is 8.78 Å². The number of hydrogen-bond acceptors (Lipinski definition) is 4. The molecule has 5 rings (SSSR count). The molecule has 0 radical (unpaired) electrons. The van der Waals surface area contributed by atoms with Crippen LogP contribution in [0.1, 0.15) is 27.9 Å². The summed E-state index contributed by atoms with van der Waals surface area (Å²) in [6.07, 6.45) is -7.34. The number of anilines is 1. The van der Waals surface area contributed by atoms with Gasteiger partial charge in [0.25, 0.3) is 0 Å². The SMILES string of the molecule is O=C(Nc1cccc(F)c1)N[C@@](Cc1ccccc1)(c1ccc2c(c1)C(F)(F)OC(F)(F)O2)c1ccc(CI)cn1. The zero-order valence-corrected chi connectivity index (χ0v) is 23.2. The highest BCUT2D eigenvalue weighted by Gasteiger charge is 2.55. The molecule has 1 aromatic heterocycles. The van der Waals surface area contributed by atoms with Crippen LogP contribution in [0.2, 0.25) is 0 Å². The number of amides is 2. The van der Waals surface area contributed by atoms with Gasteiger partial charge in [-0.3, -0.25) is 4.98 Å². The van der Waals surface area contributed by atoms with E-state index < -0.39 is 41.1 Å². The predicted molar refractivity (Wildman–Crippen MR) is 148 cm³/mol. The van der Waals surface area contributed by atoms with Gasteiger partial charge in [-0.1, -0.05) is 71.1 Å². The highest BCUT2D eigenvalue weighted by atomic mass is 127. The number of fused-ring (bicyclic) bond motifs is 1. The quantitative estimate of drug-likeness (QED) is 0.121. The van der Waals surface area contributed by atoms with Crippen molar-refractivity contribution in [3.63, 3.8) is 0 Å². The fraction of sp³-hybridized carbons (Fsp3) is 0.172. The summed E-state index contributed by atoms with van der Waals surface area (Å²) < 4.78 is 79.6. The Morgan fingerprint density at radius 3 is 2.39 bits per heavy atom. The van der Waals surface area contributed by atoms with Crippen molar-refractivity contribution < 1.29 is 36.2 Å². The zero-order valence-electron chi connectivity index (χ0n) is 21.0. The second-order valence-corrected chi connectivity index (χ2v) is 10.0. The second kappa shape index (κ2) is 11.2. The topological polar surface area (TPSA) is 72.5 Å². The Morgan fingerprint density at radius 1 is 0.927 bits per heavy atom. The molecule has 0 unspecified atom stereocenters. The van der Waals surface area contributed by atoms with Crippen LogP contribution in [0.3, 0.4) is 0 Å². The van der Waals surface area contributed by atoms with Crippen LogP contribution in [-0.4, -0.2) is 17.3 Å². The third kappa shape index (κ3) is 6.27. The van der Waals surface area contributed by atoms with Crippen molar-refractivity contribution in [2.75, 3.05) is 5.32 Å². The van der Waals surface area contributed by atoms with Gasteiger partial charge < -0.3 is 15.4 Å². The maximum absolute atomic E-state index is 14.8.